The van der Waals surface area contributed by atoms with Crippen molar-refractivity contribution in [2.24, 2.45) is 0 Å². The summed E-state index contributed by atoms with van der Waals surface area (Å²) in [6.45, 7) is 13.6. The molecule has 4 aromatic rings. The Labute approximate surface area is 231 Å². The van der Waals surface area contributed by atoms with E-state index in [4.69, 9.17) is 4.74 Å². The van der Waals surface area contributed by atoms with Gasteiger partial charge >= 0.3 is 42.4 Å². The third kappa shape index (κ3) is 7.56. The summed E-state index contributed by atoms with van der Waals surface area (Å²) in [6.07, 6.45) is 0. The van der Waals surface area contributed by atoms with E-state index in [1.54, 1.807) is 0 Å². The lowest BCUT2D eigenvalue weighted by Crippen LogP contribution is -3.61. The summed E-state index contributed by atoms with van der Waals surface area (Å²) in [7, 11) is 0. The maximum absolute atomic E-state index is 6.12. The maximum atomic E-state index is 6.12. The van der Waals surface area contributed by atoms with Gasteiger partial charge in [0.2, 0.25) is 0 Å². The van der Waals surface area contributed by atoms with Crippen molar-refractivity contribution in [3.05, 3.63) is 122 Å². The third-order valence-electron chi connectivity index (χ3n) is 5.72. The fourth-order valence-corrected chi connectivity index (χ4v) is 7.86. The summed E-state index contributed by atoms with van der Waals surface area (Å²) in [4.78, 5) is 0. The summed E-state index contributed by atoms with van der Waals surface area (Å²) >= 11 is -0.369. The number of hydrogen-bond donors (Lipinski definition) is 0. The molecule has 0 aliphatic heterocycles. The predicted molar refractivity (Wildman–Crippen MR) is 138 cm³/mol. The number of hydrogen-bond acceptors (Lipinski definition) is 1. The van der Waals surface area contributed by atoms with E-state index in [-0.39, 0.29) is 53.2 Å². The average molecular weight is 688 g/mol. The van der Waals surface area contributed by atoms with Crippen LogP contribution < -0.4 is 47.1 Å². The summed E-state index contributed by atoms with van der Waals surface area (Å²) in [5.41, 5.74) is 3.18. The van der Waals surface area contributed by atoms with Crippen LogP contribution >= 0.6 is 0 Å². The first-order valence-corrected chi connectivity index (χ1v) is 16.3. The van der Waals surface area contributed by atoms with E-state index in [0.717, 1.165) is 11.5 Å². The van der Waals surface area contributed by atoms with Crippen LogP contribution in [0.25, 0.3) is 0 Å². The van der Waals surface area contributed by atoms with Gasteiger partial charge in [-0.3, -0.25) is 0 Å². The van der Waals surface area contributed by atoms with E-state index in [1.165, 1.54) is 25.4 Å². The average Bonchev–Trinajstić information content (AvgIpc) is 2.81. The fraction of sp³-hybridized carbons (Fsp3) is 0.250. The third-order valence-corrected chi connectivity index (χ3v) is 11.1. The van der Waals surface area contributed by atoms with Gasteiger partial charge in [0, 0.05) is 0 Å². The van der Waals surface area contributed by atoms with Crippen LogP contribution in [0.1, 0.15) is 52.7 Å². The van der Waals surface area contributed by atoms with Crippen LogP contribution in [-0.2, 0) is 10.8 Å². The molecule has 0 aromatic heterocycles. The monoisotopic (exact) mass is 688 g/mol. The minimum Gasteiger partial charge on any atom is -0.457 e. The normalized spacial score (nSPS) is 11.9. The molecule has 0 atom stereocenters. The van der Waals surface area contributed by atoms with Gasteiger partial charge in [-0.05, 0) is 94.8 Å². The van der Waals surface area contributed by atoms with Crippen LogP contribution in [0.15, 0.2) is 97.1 Å². The molecule has 4 aromatic carbocycles. The number of ether oxygens (including phenoxy) is 1. The van der Waals surface area contributed by atoms with Crippen molar-refractivity contribution in [1.29, 1.82) is 0 Å². The van der Waals surface area contributed by atoms with Gasteiger partial charge < -0.3 is 4.74 Å². The molecule has 0 aliphatic carbocycles. The van der Waals surface area contributed by atoms with Crippen molar-refractivity contribution < 1.29 is 47.1 Å². The molecule has 0 spiro atoms. The molecule has 180 valence electrons. The molecule has 3 heteroatoms. The Morgan fingerprint density at radius 3 is 0.914 bits per heavy atom. The molecule has 0 heterocycles. The van der Waals surface area contributed by atoms with Gasteiger partial charge in [0.15, 0.2) is 14.3 Å². The Bertz CT molecular complexity index is 1130. The molecular weight excluding hydrogens is 654 g/mol. The maximum Gasteiger partial charge on any atom is 0.357 e. The van der Waals surface area contributed by atoms with Gasteiger partial charge in [-0.1, -0.05) is 65.8 Å². The molecule has 0 saturated heterocycles. The smallest absolute Gasteiger partial charge is 0.357 e. The predicted octanol–water partition coefficient (Wildman–Crippen LogP) is 2.33. The summed E-state index contributed by atoms with van der Waals surface area (Å²) in [6, 6.07) is 35.5. The minimum atomic E-state index is -0.184. The largest absolute Gasteiger partial charge is 0.457 e. The van der Waals surface area contributed by atoms with Crippen molar-refractivity contribution in [3.8, 4) is 11.5 Å². The first kappa shape index (κ1) is 26.2. The highest BCUT2D eigenvalue weighted by atomic mass is 127. The highest BCUT2D eigenvalue weighted by Crippen LogP contribution is 2.22. The molecule has 0 unspecified atom stereocenters. The molecule has 0 fully saturated rings. The zero-order valence-corrected chi connectivity index (χ0v) is 25.7. The first-order chi connectivity index (χ1) is 16.6. The van der Waals surface area contributed by atoms with E-state index in [0.29, 0.717) is 0 Å². The lowest BCUT2D eigenvalue weighted by molar-refractivity contribution is -0.597. The van der Waals surface area contributed by atoms with Crippen LogP contribution in [0, 0.1) is 14.3 Å². The Morgan fingerprint density at radius 1 is 0.400 bits per heavy atom. The van der Waals surface area contributed by atoms with Gasteiger partial charge in [0.05, 0.1) is 0 Å². The lowest BCUT2D eigenvalue weighted by Gasteiger charge is -2.18. The van der Waals surface area contributed by atoms with Crippen molar-refractivity contribution in [2.45, 2.75) is 52.4 Å². The van der Waals surface area contributed by atoms with Gasteiger partial charge in [0.1, 0.15) is 11.5 Å². The van der Waals surface area contributed by atoms with Crippen LogP contribution in [0.2, 0.25) is 0 Å². The number of benzene rings is 4. The Kier molecular flexibility index (Phi) is 8.26. The van der Waals surface area contributed by atoms with E-state index < -0.39 is 0 Å². The minimum absolute atomic E-state index is 0.184. The zero-order chi connectivity index (χ0) is 25.1. The molecule has 35 heavy (non-hydrogen) atoms. The second kappa shape index (κ2) is 11.0. The highest BCUT2D eigenvalue weighted by Gasteiger charge is 2.20. The topological polar surface area (TPSA) is 9.23 Å². The van der Waals surface area contributed by atoms with Crippen molar-refractivity contribution in [3.63, 3.8) is 0 Å². The number of rotatable bonds is 6. The zero-order valence-electron chi connectivity index (χ0n) is 21.4. The van der Waals surface area contributed by atoms with Gasteiger partial charge in [0.25, 0.3) is 0 Å². The van der Waals surface area contributed by atoms with E-state index in [1.807, 2.05) is 0 Å². The molecule has 1 nitrogen and oxygen atoms in total. The van der Waals surface area contributed by atoms with E-state index in [2.05, 4.69) is 139 Å². The Balaban J connectivity index is 1.33. The molecule has 0 N–H and O–H groups in total. The molecule has 0 bridgehead atoms. The Morgan fingerprint density at radius 2 is 0.657 bits per heavy atom. The standard InChI is InChI=1S/C32H34I2O/c1-31(2,3)23-7-11-25(12-8-23)33-27-15-19-29(20-16-27)35-30-21-17-28(18-22-30)34-26-13-9-24(10-14-26)32(4,5)6/h7-22H,1-6H3/q+2. The SMILES string of the molecule is CC(C)(C)c1ccc([I+]c2ccc(Oc3ccc([I+]c4ccc(C(C)(C)C)cc4)cc3)cc2)cc1. The first-order valence-electron chi connectivity index (χ1n) is 11.9. The lowest BCUT2D eigenvalue weighted by atomic mass is 9.87. The highest BCUT2D eigenvalue weighted by molar-refractivity contribution is 5.30. The molecule has 0 amide bonds. The molecular formula is C32H34I2O+2. The number of halogens is 2. The van der Waals surface area contributed by atoms with Crippen molar-refractivity contribution >= 4 is 0 Å². The summed E-state index contributed by atoms with van der Waals surface area (Å²) in [5, 5.41) is 0. The molecule has 0 saturated carbocycles. The quantitative estimate of drug-likeness (QED) is 0.283. The Hall–Kier alpha value is -1.86. The van der Waals surface area contributed by atoms with Crippen LogP contribution in [0.4, 0.5) is 0 Å². The van der Waals surface area contributed by atoms with Crippen molar-refractivity contribution in [1.82, 2.24) is 0 Å². The second-order valence-electron chi connectivity index (χ2n) is 10.7. The second-order valence-corrected chi connectivity index (χ2v) is 16.8. The van der Waals surface area contributed by atoms with Gasteiger partial charge in [-0.25, -0.2) is 0 Å². The van der Waals surface area contributed by atoms with Crippen LogP contribution in [-0.4, -0.2) is 0 Å². The summed E-state index contributed by atoms with van der Waals surface area (Å²) in [5.74, 6) is 1.78. The van der Waals surface area contributed by atoms with Crippen LogP contribution in [0.3, 0.4) is 0 Å². The van der Waals surface area contributed by atoms with Crippen molar-refractivity contribution in [2.75, 3.05) is 0 Å². The van der Waals surface area contributed by atoms with Gasteiger partial charge in [-0.2, -0.15) is 0 Å². The van der Waals surface area contributed by atoms with Gasteiger partial charge in [-0.15, -0.1) is 0 Å². The van der Waals surface area contributed by atoms with Crippen LogP contribution in [0.5, 0.6) is 11.5 Å². The molecule has 0 aliphatic rings. The van der Waals surface area contributed by atoms with E-state index >= 15 is 0 Å². The van der Waals surface area contributed by atoms with E-state index in [9.17, 15) is 0 Å². The molecule has 4 rings (SSSR count). The fourth-order valence-electron chi connectivity index (χ4n) is 3.55. The summed E-state index contributed by atoms with van der Waals surface area (Å²) < 4.78 is 11.8. The molecule has 0 radical (unpaired) electrons.